The monoisotopic (exact) mass is 258 g/mol. The average molecular weight is 258 g/mol. The summed E-state index contributed by atoms with van der Waals surface area (Å²) in [6, 6.07) is 0. The molecular weight excluding hydrogens is 249 g/mol. The summed E-state index contributed by atoms with van der Waals surface area (Å²) in [7, 11) is -5.84. The number of H-pyrrole nitrogens is 1. The summed E-state index contributed by atoms with van der Waals surface area (Å²) in [5.74, 6) is 0.972. The number of allylic oxidation sites excluding steroid dienone is 1. The minimum Gasteiger partial charge on any atom is -0.348 e. The SMILES string of the molecule is C=CCc1ncc[nH]1.O=S(=O)(O)C(F)(F)F. The van der Waals surface area contributed by atoms with Crippen molar-refractivity contribution in [3.63, 3.8) is 0 Å². The molecule has 1 aromatic rings. The van der Waals surface area contributed by atoms with Crippen LogP contribution in [0.2, 0.25) is 0 Å². The lowest BCUT2D eigenvalue weighted by atomic mass is 10.4. The number of imidazole rings is 1. The van der Waals surface area contributed by atoms with E-state index in [4.69, 9.17) is 13.0 Å². The van der Waals surface area contributed by atoms with Crippen molar-refractivity contribution in [1.29, 1.82) is 0 Å². The van der Waals surface area contributed by atoms with Gasteiger partial charge in [-0.25, -0.2) is 4.98 Å². The third-order valence-electron chi connectivity index (χ3n) is 1.19. The van der Waals surface area contributed by atoms with Gasteiger partial charge in [0.05, 0.1) is 0 Å². The fraction of sp³-hybridized carbons (Fsp3) is 0.286. The predicted molar refractivity (Wildman–Crippen MR) is 50.1 cm³/mol. The fourth-order valence-corrected chi connectivity index (χ4v) is 0.546. The van der Waals surface area contributed by atoms with Crippen LogP contribution in [0.25, 0.3) is 0 Å². The minimum absolute atomic E-state index is 0.826. The molecule has 0 unspecified atom stereocenters. The lowest BCUT2D eigenvalue weighted by Gasteiger charge is -1.97. The lowest BCUT2D eigenvalue weighted by molar-refractivity contribution is -0.0510. The van der Waals surface area contributed by atoms with Gasteiger partial charge in [-0.2, -0.15) is 21.6 Å². The second-order valence-corrected chi connectivity index (χ2v) is 3.86. The van der Waals surface area contributed by atoms with Gasteiger partial charge in [-0.1, -0.05) is 6.08 Å². The maximum atomic E-state index is 10.7. The highest BCUT2D eigenvalue weighted by Gasteiger charge is 2.44. The number of nitrogens with one attached hydrogen (secondary N) is 1. The van der Waals surface area contributed by atoms with E-state index in [1.807, 2.05) is 6.08 Å². The number of alkyl halides is 3. The van der Waals surface area contributed by atoms with Gasteiger partial charge in [0.2, 0.25) is 0 Å². The summed E-state index contributed by atoms with van der Waals surface area (Å²) in [6.07, 6.45) is 6.18. The predicted octanol–water partition coefficient (Wildman–Crippen LogP) is 1.53. The van der Waals surface area contributed by atoms with E-state index in [-0.39, 0.29) is 0 Å². The van der Waals surface area contributed by atoms with Crippen LogP contribution in [0.1, 0.15) is 5.82 Å². The summed E-state index contributed by atoms with van der Waals surface area (Å²) >= 11 is 0. The minimum atomic E-state index is -5.84. The molecule has 0 bridgehead atoms. The van der Waals surface area contributed by atoms with Crippen molar-refractivity contribution in [2.75, 3.05) is 0 Å². The number of rotatable bonds is 2. The van der Waals surface area contributed by atoms with E-state index in [0.717, 1.165) is 12.2 Å². The molecule has 0 radical (unpaired) electrons. The van der Waals surface area contributed by atoms with Gasteiger partial charge < -0.3 is 4.98 Å². The molecule has 0 aliphatic rings. The normalized spacial score (nSPS) is 11.5. The molecule has 0 saturated carbocycles. The quantitative estimate of drug-likeness (QED) is 0.478. The molecule has 0 saturated heterocycles. The summed E-state index contributed by atoms with van der Waals surface area (Å²) in [5, 5.41) is 0. The Kier molecular flexibility index (Phi) is 5.18. The summed E-state index contributed by atoms with van der Waals surface area (Å²) < 4.78 is 57.5. The Hall–Kier alpha value is -1.35. The third kappa shape index (κ3) is 5.51. The first-order valence-corrected chi connectivity index (χ1v) is 5.25. The maximum Gasteiger partial charge on any atom is 0.522 e. The molecule has 1 aromatic heterocycles. The second-order valence-electron chi connectivity index (χ2n) is 2.45. The third-order valence-corrected chi connectivity index (χ3v) is 1.77. The number of hydrogen-bond acceptors (Lipinski definition) is 3. The molecule has 0 atom stereocenters. The zero-order valence-electron chi connectivity index (χ0n) is 7.90. The van der Waals surface area contributed by atoms with Crippen molar-refractivity contribution >= 4 is 10.1 Å². The van der Waals surface area contributed by atoms with Gasteiger partial charge >= 0.3 is 15.6 Å². The molecule has 0 amide bonds. The van der Waals surface area contributed by atoms with E-state index in [2.05, 4.69) is 16.5 Å². The zero-order valence-corrected chi connectivity index (χ0v) is 8.72. The number of nitrogens with zero attached hydrogens (tertiary/aromatic N) is 1. The summed E-state index contributed by atoms with van der Waals surface area (Å²) in [6.45, 7) is 3.58. The van der Waals surface area contributed by atoms with Crippen molar-refractivity contribution in [1.82, 2.24) is 9.97 Å². The number of aromatic amines is 1. The van der Waals surface area contributed by atoms with E-state index >= 15 is 0 Å². The van der Waals surface area contributed by atoms with Crippen LogP contribution in [0.4, 0.5) is 13.2 Å². The van der Waals surface area contributed by atoms with Crippen LogP contribution in [0, 0.1) is 0 Å². The Labute approximate surface area is 89.8 Å². The number of hydrogen-bond donors (Lipinski definition) is 2. The van der Waals surface area contributed by atoms with Crippen LogP contribution < -0.4 is 0 Å². The molecule has 0 fully saturated rings. The summed E-state index contributed by atoms with van der Waals surface area (Å²) in [5.41, 5.74) is -5.53. The van der Waals surface area contributed by atoms with Crippen LogP contribution >= 0.6 is 0 Å². The first kappa shape index (κ1) is 14.6. The lowest BCUT2D eigenvalue weighted by Crippen LogP contribution is -2.21. The molecule has 0 spiro atoms. The highest BCUT2D eigenvalue weighted by molar-refractivity contribution is 7.86. The van der Waals surface area contributed by atoms with E-state index in [0.29, 0.717) is 0 Å². The van der Waals surface area contributed by atoms with E-state index in [1.165, 1.54) is 0 Å². The van der Waals surface area contributed by atoms with Gasteiger partial charge in [-0.05, 0) is 0 Å². The molecule has 5 nitrogen and oxygen atoms in total. The first-order valence-electron chi connectivity index (χ1n) is 3.81. The smallest absolute Gasteiger partial charge is 0.348 e. The van der Waals surface area contributed by atoms with E-state index in [1.54, 1.807) is 12.4 Å². The number of aromatic nitrogens is 2. The van der Waals surface area contributed by atoms with Crippen LogP contribution in [0.3, 0.4) is 0 Å². The van der Waals surface area contributed by atoms with Crippen molar-refractivity contribution in [2.45, 2.75) is 11.9 Å². The van der Waals surface area contributed by atoms with Crippen molar-refractivity contribution in [3.05, 3.63) is 30.9 Å². The zero-order chi connectivity index (χ0) is 12.8. The standard InChI is InChI=1S/C6H8N2.CHF3O3S/c1-2-3-6-7-4-5-8-6;2-1(3,4)8(5,6)7/h2,4-5H,1,3H2,(H,7,8);(H,5,6,7). The molecule has 9 heteroatoms. The van der Waals surface area contributed by atoms with Gasteiger partial charge in [0, 0.05) is 18.8 Å². The van der Waals surface area contributed by atoms with Crippen LogP contribution in [0.15, 0.2) is 25.0 Å². The van der Waals surface area contributed by atoms with Crippen molar-refractivity contribution in [2.24, 2.45) is 0 Å². The topological polar surface area (TPSA) is 83.0 Å². The Bertz CT molecular complexity index is 411. The first-order chi connectivity index (χ1) is 7.18. The van der Waals surface area contributed by atoms with Crippen LogP contribution in [-0.4, -0.2) is 28.4 Å². The molecule has 16 heavy (non-hydrogen) atoms. The molecule has 0 aromatic carbocycles. The molecule has 92 valence electrons. The van der Waals surface area contributed by atoms with Crippen LogP contribution in [-0.2, 0) is 16.5 Å². The molecule has 1 rings (SSSR count). The van der Waals surface area contributed by atoms with Crippen molar-refractivity contribution < 1.29 is 26.1 Å². The van der Waals surface area contributed by atoms with Gasteiger partial charge in [-0.3, -0.25) is 4.55 Å². The Balaban J connectivity index is 0.000000281. The van der Waals surface area contributed by atoms with Gasteiger partial charge in [0.25, 0.3) is 0 Å². The molecule has 0 aliphatic heterocycles. The van der Waals surface area contributed by atoms with Crippen LogP contribution in [0.5, 0.6) is 0 Å². The molecule has 1 heterocycles. The Morgan fingerprint density at radius 2 is 2.06 bits per heavy atom. The molecule has 0 aliphatic carbocycles. The van der Waals surface area contributed by atoms with Crippen molar-refractivity contribution in [3.8, 4) is 0 Å². The van der Waals surface area contributed by atoms with Gasteiger partial charge in [-0.15, -0.1) is 6.58 Å². The van der Waals surface area contributed by atoms with E-state index < -0.39 is 15.6 Å². The second kappa shape index (κ2) is 5.66. The van der Waals surface area contributed by atoms with E-state index in [9.17, 15) is 13.2 Å². The largest absolute Gasteiger partial charge is 0.522 e. The Morgan fingerprint density at radius 3 is 2.31 bits per heavy atom. The van der Waals surface area contributed by atoms with Gasteiger partial charge in [0.1, 0.15) is 5.82 Å². The Morgan fingerprint density at radius 1 is 1.56 bits per heavy atom. The fourth-order valence-electron chi connectivity index (χ4n) is 0.546. The van der Waals surface area contributed by atoms with Gasteiger partial charge in [0.15, 0.2) is 0 Å². The highest BCUT2D eigenvalue weighted by atomic mass is 32.2. The average Bonchev–Trinajstić information content (AvgIpc) is 2.54. The maximum absolute atomic E-state index is 10.7. The highest BCUT2D eigenvalue weighted by Crippen LogP contribution is 2.20. The number of halogens is 3. The molecule has 2 N–H and O–H groups in total. The summed E-state index contributed by atoms with van der Waals surface area (Å²) in [4.78, 5) is 6.93. The molecular formula is C7H9F3N2O3S.